The molecule has 4 nitrogen and oxygen atoms in total. The number of nitrogens with zero attached hydrogens (tertiary/aromatic N) is 1. The largest absolute Gasteiger partial charge is 0.424 e. The van der Waals surface area contributed by atoms with Gasteiger partial charge in [-0.25, -0.2) is 0 Å². The predicted molar refractivity (Wildman–Crippen MR) is 122 cm³/mol. The van der Waals surface area contributed by atoms with Gasteiger partial charge in [-0.1, -0.05) is 57.9 Å². The van der Waals surface area contributed by atoms with Crippen molar-refractivity contribution >= 4 is 29.5 Å². The van der Waals surface area contributed by atoms with E-state index < -0.39 is 0 Å². The number of aromatic nitrogens is 1. The molecule has 1 aromatic carbocycles. The van der Waals surface area contributed by atoms with Gasteiger partial charge in [0.2, 0.25) is 0 Å². The second kappa shape index (κ2) is 13.1. The molecule has 1 aromatic heterocycles. The van der Waals surface area contributed by atoms with Crippen molar-refractivity contribution in [1.29, 1.82) is 0 Å². The molecule has 3 rings (SSSR count). The quantitative estimate of drug-likeness (QED) is 0.403. The third kappa shape index (κ3) is 7.63. The first-order valence-corrected chi connectivity index (χ1v) is 11.2. The first kappa shape index (κ1) is 23.0. The van der Waals surface area contributed by atoms with Crippen molar-refractivity contribution in [2.24, 2.45) is 5.92 Å². The average Bonchev–Trinajstić information content (AvgIpc) is 3.11. The molecule has 1 aliphatic rings. The fourth-order valence-electron chi connectivity index (χ4n) is 4.00. The van der Waals surface area contributed by atoms with E-state index in [-0.39, 0.29) is 12.4 Å². The van der Waals surface area contributed by atoms with Crippen LogP contribution in [0.15, 0.2) is 22.6 Å². The number of benzene rings is 1. The number of unbranched alkanes of at least 4 members (excludes halogenated alkanes) is 7. The summed E-state index contributed by atoms with van der Waals surface area (Å²) in [6.07, 6.45) is 14.6. The first-order chi connectivity index (χ1) is 13.3. The lowest BCUT2D eigenvalue weighted by Gasteiger charge is -2.22. The van der Waals surface area contributed by atoms with Crippen LogP contribution in [-0.4, -0.2) is 24.6 Å². The minimum absolute atomic E-state index is 0. The van der Waals surface area contributed by atoms with Crippen molar-refractivity contribution in [3.8, 4) is 0 Å². The first-order valence-electron chi connectivity index (χ1n) is 11.2. The van der Waals surface area contributed by atoms with Crippen molar-refractivity contribution in [3.63, 3.8) is 0 Å². The Morgan fingerprint density at radius 2 is 1.89 bits per heavy atom. The van der Waals surface area contributed by atoms with E-state index in [4.69, 9.17) is 4.42 Å². The minimum atomic E-state index is 0. The molecular weight excluding hydrogens is 370 g/mol. The zero-order valence-electron chi connectivity index (χ0n) is 17.5. The topological polar surface area (TPSA) is 50.1 Å². The Morgan fingerprint density at radius 1 is 1.11 bits per heavy atom. The van der Waals surface area contributed by atoms with E-state index in [1.807, 2.05) is 0 Å². The van der Waals surface area contributed by atoms with Crippen molar-refractivity contribution in [3.05, 3.63) is 23.8 Å². The maximum Gasteiger partial charge on any atom is 0.295 e. The molecule has 0 amide bonds. The van der Waals surface area contributed by atoms with E-state index in [9.17, 15) is 0 Å². The van der Waals surface area contributed by atoms with Gasteiger partial charge in [0.05, 0.1) is 0 Å². The Kier molecular flexibility index (Phi) is 10.7. The number of fused-ring (bicyclic) bond motifs is 1. The van der Waals surface area contributed by atoms with Crippen LogP contribution in [0.3, 0.4) is 0 Å². The molecule has 0 aliphatic carbocycles. The van der Waals surface area contributed by atoms with Crippen LogP contribution in [0.1, 0.15) is 76.7 Å². The Morgan fingerprint density at radius 3 is 2.64 bits per heavy atom. The smallest absolute Gasteiger partial charge is 0.295 e. The highest BCUT2D eigenvalue weighted by Gasteiger charge is 2.14. The van der Waals surface area contributed by atoms with Crippen molar-refractivity contribution in [1.82, 2.24) is 10.3 Å². The van der Waals surface area contributed by atoms with Crippen LogP contribution < -0.4 is 10.6 Å². The van der Waals surface area contributed by atoms with Crippen molar-refractivity contribution in [2.45, 2.75) is 77.6 Å². The number of anilines is 1. The van der Waals surface area contributed by atoms with Gasteiger partial charge in [0.1, 0.15) is 5.52 Å². The lowest BCUT2D eigenvalue weighted by Crippen LogP contribution is -2.33. The molecule has 0 saturated carbocycles. The van der Waals surface area contributed by atoms with Crippen molar-refractivity contribution < 1.29 is 4.42 Å². The van der Waals surface area contributed by atoms with Crippen LogP contribution in [0.5, 0.6) is 0 Å². The minimum Gasteiger partial charge on any atom is -0.424 e. The third-order valence-electron chi connectivity index (χ3n) is 5.71. The molecule has 1 saturated heterocycles. The zero-order chi connectivity index (χ0) is 18.7. The Balaban J connectivity index is 0.00000280. The van der Waals surface area contributed by atoms with E-state index in [1.165, 1.54) is 69.8 Å². The number of nitrogens with one attached hydrogen (secondary N) is 2. The second-order valence-corrected chi connectivity index (χ2v) is 8.14. The Bertz CT molecular complexity index is 667. The zero-order valence-corrected chi connectivity index (χ0v) is 18.3. The molecule has 1 atom stereocenters. The second-order valence-electron chi connectivity index (χ2n) is 8.14. The van der Waals surface area contributed by atoms with Crippen molar-refractivity contribution in [2.75, 3.05) is 25.0 Å². The highest BCUT2D eigenvalue weighted by atomic mass is 35.5. The van der Waals surface area contributed by atoms with Crippen LogP contribution >= 0.6 is 12.4 Å². The summed E-state index contributed by atoms with van der Waals surface area (Å²) in [6.45, 7) is 5.46. The SMILES string of the molecule is CCCCCCCCCCc1ccc2oc(NC[C@H]3CCCNC3)nc2c1.Cl. The summed E-state index contributed by atoms with van der Waals surface area (Å²) in [5.41, 5.74) is 3.25. The average molecular weight is 408 g/mol. The molecule has 1 fully saturated rings. The molecule has 28 heavy (non-hydrogen) atoms. The fraction of sp³-hybridized carbons (Fsp3) is 0.696. The van der Waals surface area contributed by atoms with Gasteiger partial charge >= 0.3 is 0 Å². The molecule has 0 unspecified atom stereocenters. The van der Waals surface area contributed by atoms with E-state index in [1.54, 1.807) is 0 Å². The van der Waals surface area contributed by atoms with Crippen LogP contribution in [0.25, 0.3) is 11.1 Å². The molecule has 2 heterocycles. The summed E-state index contributed by atoms with van der Waals surface area (Å²) in [5, 5.41) is 6.84. The standard InChI is InChI=1S/C23H37N3O.ClH/c1-2-3-4-5-6-7-8-9-11-19-13-14-22-21(16-19)26-23(27-22)25-18-20-12-10-15-24-17-20;/h13-14,16,20,24H,2-12,15,17-18H2,1H3,(H,25,26);1H/t20-;/m0./s1. The normalized spacial score (nSPS) is 16.8. The molecule has 1 aliphatic heterocycles. The summed E-state index contributed by atoms with van der Waals surface area (Å²) < 4.78 is 5.86. The number of hydrogen-bond acceptors (Lipinski definition) is 4. The number of aryl methyl sites for hydroxylation is 1. The summed E-state index contributed by atoms with van der Waals surface area (Å²) >= 11 is 0. The number of oxazole rings is 1. The number of hydrogen-bond donors (Lipinski definition) is 2. The van der Waals surface area contributed by atoms with Gasteiger partial charge in [0.15, 0.2) is 5.58 Å². The van der Waals surface area contributed by atoms with E-state index >= 15 is 0 Å². The van der Waals surface area contributed by atoms with Gasteiger partial charge in [-0.15, -0.1) is 12.4 Å². The molecule has 2 aromatic rings. The molecule has 0 bridgehead atoms. The number of halogens is 1. The highest BCUT2D eigenvalue weighted by molar-refractivity contribution is 5.85. The Labute approximate surface area is 176 Å². The maximum atomic E-state index is 5.86. The van der Waals surface area contributed by atoms with Gasteiger partial charge in [0.25, 0.3) is 6.01 Å². The number of rotatable bonds is 12. The maximum absolute atomic E-state index is 5.86. The molecule has 0 radical (unpaired) electrons. The van der Waals surface area contributed by atoms with Gasteiger partial charge in [-0.05, 0) is 62.4 Å². The van der Waals surface area contributed by atoms with Crippen LogP contribution in [0, 0.1) is 5.92 Å². The van der Waals surface area contributed by atoms with Crippen LogP contribution in [0.4, 0.5) is 6.01 Å². The molecule has 2 N–H and O–H groups in total. The van der Waals surface area contributed by atoms with Crippen LogP contribution in [-0.2, 0) is 6.42 Å². The molecule has 0 spiro atoms. The van der Waals surface area contributed by atoms with Gasteiger partial charge < -0.3 is 15.1 Å². The van der Waals surface area contributed by atoms with E-state index in [0.717, 1.165) is 37.2 Å². The van der Waals surface area contributed by atoms with E-state index in [2.05, 4.69) is 40.7 Å². The molecule has 158 valence electrons. The van der Waals surface area contributed by atoms with Gasteiger partial charge in [-0.3, -0.25) is 0 Å². The summed E-state index contributed by atoms with van der Waals surface area (Å²) in [6, 6.07) is 7.15. The lowest BCUT2D eigenvalue weighted by atomic mass is 10.00. The highest BCUT2D eigenvalue weighted by Crippen LogP contribution is 2.22. The summed E-state index contributed by atoms with van der Waals surface area (Å²) in [5.74, 6) is 0.672. The summed E-state index contributed by atoms with van der Waals surface area (Å²) in [4.78, 5) is 4.65. The summed E-state index contributed by atoms with van der Waals surface area (Å²) in [7, 11) is 0. The Hall–Kier alpha value is -1.26. The molecular formula is C23H38ClN3O. The predicted octanol–water partition coefficient (Wildman–Crippen LogP) is 6.34. The van der Waals surface area contributed by atoms with E-state index in [0.29, 0.717) is 11.9 Å². The van der Waals surface area contributed by atoms with Gasteiger partial charge in [0, 0.05) is 6.54 Å². The molecule has 5 heteroatoms. The fourth-order valence-corrected chi connectivity index (χ4v) is 4.00. The monoisotopic (exact) mass is 407 g/mol. The lowest BCUT2D eigenvalue weighted by molar-refractivity contribution is 0.390. The van der Waals surface area contributed by atoms with Gasteiger partial charge in [-0.2, -0.15) is 4.98 Å². The third-order valence-corrected chi connectivity index (χ3v) is 5.71. The van der Waals surface area contributed by atoms with Crippen LogP contribution in [0.2, 0.25) is 0 Å². The number of piperidine rings is 1.